The molecule has 1 fully saturated rings. The molecule has 2 aliphatic heterocycles. The predicted octanol–water partition coefficient (Wildman–Crippen LogP) is 3.93. The van der Waals surface area contributed by atoms with Crippen LogP contribution in [0, 0.1) is 5.82 Å². The first-order chi connectivity index (χ1) is 14.7. The largest absolute Gasteiger partial charge is 0.341 e. The number of anilines is 1. The number of rotatable bonds is 3. The first-order valence-corrected chi connectivity index (χ1v) is 11.1. The standard InChI is InChI=1S/C22H22FN5OS/c23-17-6-4-15(5-7-17)20-26-18-8-11-28(14-19(18)30-20)21(29)16-12-24-22(25-13-16)27-9-2-1-3-10-27/h4-7,12-13H,1-3,8-11,14H2. The van der Waals surface area contributed by atoms with Crippen LogP contribution in [0.3, 0.4) is 0 Å². The smallest absolute Gasteiger partial charge is 0.257 e. The van der Waals surface area contributed by atoms with E-state index in [9.17, 15) is 9.18 Å². The van der Waals surface area contributed by atoms with E-state index in [-0.39, 0.29) is 11.7 Å². The van der Waals surface area contributed by atoms with Gasteiger partial charge >= 0.3 is 0 Å². The third kappa shape index (κ3) is 3.79. The summed E-state index contributed by atoms with van der Waals surface area (Å²) in [5.41, 5.74) is 2.44. The highest BCUT2D eigenvalue weighted by atomic mass is 32.1. The lowest BCUT2D eigenvalue weighted by Crippen LogP contribution is -2.36. The van der Waals surface area contributed by atoms with Crippen LogP contribution in [0.1, 0.15) is 40.2 Å². The lowest BCUT2D eigenvalue weighted by atomic mass is 10.1. The summed E-state index contributed by atoms with van der Waals surface area (Å²) in [6.45, 7) is 3.10. The van der Waals surface area contributed by atoms with Crippen LogP contribution in [0.25, 0.3) is 10.6 Å². The first kappa shape index (κ1) is 19.1. The number of hydrogen-bond acceptors (Lipinski definition) is 6. The van der Waals surface area contributed by atoms with Crippen molar-refractivity contribution >= 4 is 23.2 Å². The third-order valence-electron chi connectivity index (χ3n) is 5.63. The number of benzene rings is 1. The van der Waals surface area contributed by atoms with Crippen LogP contribution >= 0.6 is 11.3 Å². The van der Waals surface area contributed by atoms with Crippen molar-refractivity contribution in [1.82, 2.24) is 19.9 Å². The maximum absolute atomic E-state index is 13.2. The van der Waals surface area contributed by atoms with Gasteiger partial charge in [-0.25, -0.2) is 19.3 Å². The van der Waals surface area contributed by atoms with Crippen molar-refractivity contribution in [2.75, 3.05) is 24.5 Å². The molecule has 0 aliphatic carbocycles. The summed E-state index contributed by atoms with van der Waals surface area (Å²) in [7, 11) is 0. The maximum atomic E-state index is 13.2. The molecule has 30 heavy (non-hydrogen) atoms. The van der Waals surface area contributed by atoms with Gasteiger partial charge < -0.3 is 9.80 Å². The second-order valence-electron chi connectivity index (χ2n) is 7.69. The number of carbonyl (C=O) groups excluding carboxylic acids is 1. The van der Waals surface area contributed by atoms with E-state index in [0.29, 0.717) is 31.0 Å². The summed E-state index contributed by atoms with van der Waals surface area (Å²) in [5.74, 6) is 0.395. The van der Waals surface area contributed by atoms with E-state index in [1.807, 2.05) is 4.90 Å². The van der Waals surface area contributed by atoms with Gasteiger partial charge in [-0.1, -0.05) is 0 Å². The molecule has 4 heterocycles. The van der Waals surface area contributed by atoms with Crippen molar-refractivity contribution in [2.45, 2.75) is 32.2 Å². The van der Waals surface area contributed by atoms with Crippen LogP contribution < -0.4 is 4.90 Å². The van der Waals surface area contributed by atoms with E-state index < -0.39 is 0 Å². The highest BCUT2D eigenvalue weighted by Crippen LogP contribution is 2.32. The zero-order chi connectivity index (χ0) is 20.5. The summed E-state index contributed by atoms with van der Waals surface area (Å²) in [5, 5.41) is 0.864. The van der Waals surface area contributed by atoms with Gasteiger partial charge in [-0.3, -0.25) is 4.79 Å². The second kappa shape index (κ2) is 8.10. The Bertz CT molecular complexity index is 1040. The minimum absolute atomic E-state index is 0.0532. The Hall–Kier alpha value is -2.87. The molecule has 1 amide bonds. The third-order valence-corrected chi connectivity index (χ3v) is 6.77. The number of piperidine rings is 1. The second-order valence-corrected chi connectivity index (χ2v) is 8.78. The van der Waals surface area contributed by atoms with Crippen molar-refractivity contribution < 1.29 is 9.18 Å². The number of fused-ring (bicyclic) bond motifs is 1. The average molecular weight is 424 g/mol. The molecule has 8 heteroatoms. The Labute approximate surface area is 178 Å². The summed E-state index contributed by atoms with van der Waals surface area (Å²) in [6, 6.07) is 6.37. The van der Waals surface area contributed by atoms with Gasteiger partial charge in [-0.15, -0.1) is 11.3 Å². The Morgan fingerprint density at radius 2 is 1.73 bits per heavy atom. The minimum Gasteiger partial charge on any atom is -0.341 e. The summed E-state index contributed by atoms with van der Waals surface area (Å²) >= 11 is 1.57. The number of hydrogen-bond donors (Lipinski definition) is 0. The van der Waals surface area contributed by atoms with E-state index >= 15 is 0 Å². The zero-order valence-corrected chi connectivity index (χ0v) is 17.4. The fourth-order valence-corrected chi connectivity index (χ4v) is 5.09. The molecule has 1 aromatic carbocycles. The number of thiazole rings is 1. The molecule has 5 rings (SSSR count). The van der Waals surface area contributed by atoms with E-state index in [1.54, 1.807) is 35.9 Å². The molecule has 1 saturated heterocycles. The maximum Gasteiger partial charge on any atom is 0.257 e. The van der Waals surface area contributed by atoms with Crippen LogP contribution in [0.15, 0.2) is 36.7 Å². The molecule has 0 saturated carbocycles. The van der Waals surface area contributed by atoms with Crippen molar-refractivity contribution in [1.29, 1.82) is 0 Å². The summed E-state index contributed by atoms with van der Waals surface area (Å²) < 4.78 is 13.2. The molecule has 0 spiro atoms. The van der Waals surface area contributed by atoms with Gasteiger partial charge in [0.05, 0.1) is 17.8 Å². The molecule has 2 aromatic heterocycles. The van der Waals surface area contributed by atoms with Gasteiger partial charge in [-0.05, 0) is 43.5 Å². The van der Waals surface area contributed by atoms with Crippen LogP contribution in [0.2, 0.25) is 0 Å². The average Bonchev–Trinajstić information content (AvgIpc) is 3.23. The molecule has 2 aliphatic rings. The minimum atomic E-state index is -0.259. The molecular formula is C22H22FN5OS. The normalized spacial score (nSPS) is 16.4. The van der Waals surface area contributed by atoms with Crippen LogP contribution in [-0.2, 0) is 13.0 Å². The van der Waals surface area contributed by atoms with Gasteiger partial charge in [-0.2, -0.15) is 0 Å². The zero-order valence-electron chi connectivity index (χ0n) is 16.6. The van der Waals surface area contributed by atoms with Gasteiger partial charge in [0, 0.05) is 48.9 Å². The first-order valence-electron chi connectivity index (χ1n) is 10.3. The van der Waals surface area contributed by atoms with E-state index in [2.05, 4.69) is 14.9 Å². The highest BCUT2D eigenvalue weighted by molar-refractivity contribution is 7.15. The highest BCUT2D eigenvalue weighted by Gasteiger charge is 2.26. The Kier molecular flexibility index (Phi) is 5.16. The van der Waals surface area contributed by atoms with Crippen molar-refractivity contribution in [3.8, 4) is 10.6 Å². The number of carbonyl (C=O) groups is 1. The van der Waals surface area contributed by atoms with Gasteiger partial charge in [0.25, 0.3) is 5.91 Å². The fourth-order valence-electron chi connectivity index (χ4n) is 3.96. The number of nitrogens with zero attached hydrogens (tertiary/aromatic N) is 5. The summed E-state index contributed by atoms with van der Waals surface area (Å²) in [6.07, 6.45) is 7.58. The quantitative estimate of drug-likeness (QED) is 0.639. The lowest BCUT2D eigenvalue weighted by molar-refractivity contribution is 0.0735. The summed E-state index contributed by atoms with van der Waals surface area (Å²) in [4.78, 5) is 31.7. The molecule has 0 N–H and O–H groups in total. The van der Waals surface area contributed by atoms with Crippen LogP contribution in [0.5, 0.6) is 0 Å². The molecule has 0 radical (unpaired) electrons. The monoisotopic (exact) mass is 423 g/mol. The van der Waals surface area contributed by atoms with Crippen molar-refractivity contribution in [3.05, 3.63) is 58.6 Å². The Morgan fingerprint density at radius 3 is 2.47 bits per heavy atom. The van der Waals surface area contributed by atoms with Crippen molar-refractivity contribution in [3.63, 3.8) is 0 Å². The molecule has 0 bridgehead atoms. The molecule has 0 unspecified atom stereocenters. The van der Waals surface area contributed by atoms with Gasteiger partial charge in [0.2, 0.25) is 5.95 Å². The number of halogens is 1. The Morgan fingerprint density at radius 1 is 1.00 bits per heavy atom. The van der Waals surface area contributed by atoms with Crippen LogP contribution in [0.4, 0.5) is 10.3 Å². The molecule has 0 atom stereocenters. The predicted molar refractivity (Wildman–Crippen MR) is 114 cm³/mol. The number of amides is 1. The van der Waals surface area contributed by atoms with E-state index in [4.69, 9.17) is 4.98 Å². The van der Waals surface area contributed by atoms with Gasteiger partial charge in [0.15, 0.2) is 0 Å². The molecule has 154 valence electrons. The SMILES string of the molecule is O=C(c1cnc(N2CCCCC2)nc1)N1CCc2nc(-c3ccc(F)cc3)sc2C1. The lowest BCUT2D eigenvalue weighted by Gasteiger charge is -2.27. The van der Waals surface area contributed by atoms with Crippen molar-refractivity contribution in [2.24, 2.45) is 0 Å². The molecular weight excluding hydrogens is 401 g/mol. The number of aromatic nitrogens is 3. The van der Waals surface area contributed by atoms with Crippen LogP contribution in [-0.4, -0.2) is 45.4 Å². The molecule has 3 aromatic rings. The Balaban J connectivity index is 1.29. The van der Waals surface area contributed by atoms with E-state index in [1.165, 1.54) is 18.6 Å². The fraction of sp³-hybridized carbons (Fsp3) is 0.364. The van der Waals surface area contributed by atoms with E-state index in [0.717, 1.165) is 47.1 Å². The topological polar surface area (TPSA) is 62.2 Å². The molecule has 6 nitrogen and oxygen atoms in total. The van der Waals surface area contributed by atoms with Gasteiger partial charge in [0.1, 0.15) is 10.8 Å².